The van der Waals surface area contributed by atoms with Crippen LogP contribution in [0.15, 0.2) is 55.1 Å². The Hall–Kier alpha value is -3.33. The van der Waals surface area contributed by atoms with Crippen molar-refractivity contribution in [2.45, 2.75) is 6.54 Å². The van der Waals surface area contributed by atoms with Gasteiger partial charge in [-0.3, -0.25) is 9.48 Å². The monoisotopic (exact) mass is 291 g/mol. The third kappa shape index (κ3) is 2.74. The van der Waals surface area contributed by atoms with Gasteiger partial charge in [0.1, 0.15) is 6.07 Å². The van der Waals surface area contributed by atoms with Gasteiger partial charge in [0.25, 0.3) is 5.91 Å². The van der Waals surface area contributed by atoms with Crippen LogP contribution in [0.2, 0.25) is 0 Å². The number of benzene rings is 1. The van der Waals surface area contributed by atoms with Gasteiger partial charge in [-0.25, -0.2) is 0 Å². The summed E-state index contributed by atoms with van der Waals surface area (Å²) in [5, 5.41) is 12.9. The number of hydrogen-bond donors (Lipinski definition) is 1. The topological polar surface area (TPSA) is 89.6 Å². The lowest BCUT2D eigenvalue weighted by Gasteiger charge is -2.05. The van der Waals surface area contributed by atoms with Crippen molar-refractivity contribution in [1.29, 1.82) is 5.26 Å². The lowest BCUT2D eigenvalue weighted by molar-refractivity contribution is 0.1000. The summed E-state index contributed by atoms with van der Waals surface area (Å²) in [5.41, 5.74) is 8.25. The van der Waals surface area contributed by atoms with E-state index in [9.17, 15) is 4.79 Å². The van der Waals surface area contributed by atoms with Crippen LogP contribution in [0.4, 0.5) is 0 Å². The zero-order valence-corrected chi connectivity index (χ0v) is 11.7. The molecule has 0 aliphatic rings. The number of amides is 1. The molecule has 0 spiro atoms. The van der Waals surface area contributed by atoms with Crippen LogP contribution in [0.25, 0.3) is 5.69 Å². The van der Waals surface area contributed by atoms with Crippen molar-refractivity contribution in [3.05, 3.63) is 71.8 Å². The van der Waals surface area contributed by atoms with E-state index in [1.807, 2.05) is 35.0 Å². The Kier molecular flexibility index (Phi) is 3.46. The first-order chi connectivity index (χ1) is 10.7. The second-order valence-electron chi connectivity index (χ2n) is 4.88. The number of aromatic nitrogens is 3. The molecular formula is C16H13N5O. The number of nitrogens with zero attached hydrogens (tertiary/aromatic N) is 4. The summed E-state index contributed by atoms with van der Waals surface area (Å²) in [5.74, 6) is -0.484. The Bertz CT molecular complexity index is 851. The van der Waals surface area contributed by atoms with Gasteiger partial charge >= 0.3 is 0 Å². The van der Waals surface area contributed by atoms with E-state index in [0.29, 0.717) is 17.7 Å². The van der Waals surface area contributed by atoms with E-state index in [1.165, 1.54) is 6.20 Å². The maximum absolute atomic E-state index is 11.0. The van der Waals surface area contributed by atoms with Gasteiger partial charge in [0.15, 0.2) is 0 Å². The predicted octanol–water partition coefficient (Wildman–Crippen LogP) is 1.69. The number of nitriles is 1. The molecular weight excluding hydrogens is 278 g/mol. The molecule has 0 saturated heterocycles. The van der Waals surface area contributed by atoms with Crippen molar-refractivity contribution in [2.24, 2.45) is 5.73 Å². The Balaban J connectivity index is 1.76. The van der Waals surface area contributed by atoms with Crippen molar-refractivity contribution >= 4 is 5.91 Å². The molecule has 6 heteroatoms. The molecule has 0 saturated carbocycles. The number of primary amides is 1. The summed E-state index contributed by atoms with van der Waals surface area (Å²) >= 11 is 0. The molecule has 2 aromatic heterocycles. The van der Waals surface area contributed by atoms with E-state index in [1.54, 1.807) is 23.1 Å². The third-order valence-electron chi connectivity index (χ3n) is 3.32. The van der Waals surface area contributed by atoms with Crippen molar-refractivity contribution < 1.29 is 4.79 Å². The molecule has 22 heavy (non-hydrogen) atoms. The Morgan fingerprint density at radius 2 is 2.00 bits per heavy atom. The minimum absolute atomic E-state index is 0.396. The van der Waals surface area contributed by atoms with E-state index < -0.39 is 5.91 Å². The van der Waals surface area contributed by atoms with E-state index in [2.05, 4.69) is 11.2 Å². The maximum atomic E-state index is 11.0. The molecule has 0 fully saturated rings. The van der Waals surface area contributed by atoms with Crippen LogP contribution in [0.5, 0.6) is 0 Å². The van der Waals surface area contributed by atoms with E-state index in [0.717, 1.165) is 11.3 Å². The van der Waals surface area contributed by atoms with Gasteiger partial charge in [0, 0.05) is 24.3 Å². The first-order valence-electron chi connectivity index (χ1n) is 6.65. The highest BCUT2D eigenvalue weighted by molar-refractivity contribution is 5.92. The smallest absolute Gasteiger partial charge is 0.251 e. The molecule has 3 rings (SSSR count). The molecule has 2 heterocycles. The SMILES string of the molecule is N#Cc1ccn(-c2ccc(Cn3cc(C(N)=O)cn3)cc2)c1. The number of carbonyl (C=O) groups is 1. The average molecular weight is 291 g/mol. The standard InChI is InChI=1S/C16H13N5O/c17-7-13-5-6-20(9-13)15-3-1-12(2-4-15)10-21-11-14(8-19-21)16(18)22/h1-6,8-9,11H,10H2,(H2,18,22). The van der Waals surface area contributed by atoms with Crippen molar-refractivity contribution in [1.82, 2.24) is 14.3 Å². The number of carbonyl (C=O) groups excluding carboxylic acids is 1. The van der Waals surface area contributed by atoms with Gasteiger partial charge in [-0.15, -0.1) is 0 Å². The lowest BCUT2D eigenvalue weighted by atomic mass is 10.2. The summed E-state index contributed by atoms with van der Waals surface area (Å²) in [7, 11) is 0. The Labute approximate surface area is 127 Å². The fraction of sp³-hybridized carbons (Fsp3) is 0.0625. The second kappa shape index (κ2) is 5.58. The normalized spacial score (nSPS) is 10.3. The molecule has 1 aromatic carbocycles. The fourth-order valence-electron chi connectivity index (χ4n) is 2.16. The van der Waals surface area contributed by atoms with Gasteiger partial charge in [-0.2, -0.15) is 10.4 Å². The fourth-order valence-corrected chi connectivity index (χ4v) is 2.16. The largest absolute Gasteiger partial charge is 0.366 e. The van der Waals surface area contributed by atoms with E-state index in [4.69, 9.17) is 11.0 Å². The summed E-state index contributed by atoms with van der Waals surface area (Å²) < 4.78 is 3.56. The van der Waals surface area contributed by atoms with Gasteiger partial charge in [-0.1, -0.05) is 12.1 Å². The molecule has 0 bridgehead atoms. The lowest BCUT2D eigenvalue weighted by Crippen LogP contribution is -2.09. The van der Waals surface area contributed by atoms with Gasteiger partial charge in [0.05, 0.1) is 23.9 Å². The first kappa shape index (κ1) is 13.6. The molecule has 1 amide bonds. The van der Waals surface area contributed by atoms with E-state index in [-0.39, 0.29) is 0 Å². The van der Waals surface area contributed by atoms with Crippen LogP contribution in [0, 0.1) is 11.3 Å². The first-order valence-corrected chi connectivity index (χ1v) is 6.65. The Morgan fingerprint density at radius 1 is 1.23 bits per heavy atom. The summed E-state index contributed by atoms with van der Waals surface area (Å²) in [6.45, 7) is 0.558. The molecule has 0 unspecified atom stereocenters. The molecule has 2 N–H and O–H groups in total. The minimum atomic E-state index is -0.484. The van der Waals surface area contributed by atoms with E-state index >= 15 is 0 Å². The van der Waals surface area contributed by atoms with Crippen molar-refractivity contribution in [3.63, 3.8) is 0 Å². The van der Waals surface area contributed by atoms with Gasteiger partial charge < -0.3 is 10.3 Å². The van der Waals surface area contributed by atoms with Crippen LogP contribution in [0.3, 0.4) is 0 Å². The van der Waals surface area contributed by atoms with Crippen LogP contribution < -0.4 is 5.73 Å². The van der Waals surface area contributed by atoms with Crippen LogP contribution in [-0.4, -0.2) is 20.3 Å². The second-order valence-corrected chi connectivity index (χ2v) is 4.88. The molecule has 0 aliphatic heterocycles. The molecule has 0 atom stereocenters. The van der Waals surface area contributed by atoms with Crippen LogP contribution >= 0.6 is 0 Å². The van der Waals surface area contributed by atoms with Crippen molar-refractivity contribution in [3.8, 4) is 11.8 Å². The van der Waals surface area contributed by atoms with Crippen LogP contribution in [0.1, 0.15) is 21.5 Å². The van der Waals surface area contributed by atoms with Gasteiger partial charge in [0.2, 0.25) is 0 Å². The maximum Gasteiger partial charge on any atom is 0.251 e. The van der Waals surface area contributed by atoms with Crippen molar-refractivity contribution in [2.75, 3.05) is 0 Å². The zero-order valence-electron chi connectivity index (χ0n) is 11.7. The Morgan fingerprint density at radius 3 is 2.59 bits per heavy atom. The quantitative estimate of drug-likeness (QED) is 0.793. The highest BCUT2D eigenvalue weighted by Crippen LogP contribution is 2.13. The highest BCUT2D eigenvalue weighted by Gasteiger charge is 2.05. The summed E-state index contributed by atoms with van der Waals surface area (Å²) in [6, 6.07) is 11.8. The molecule has 6 nitrogen and oxygen atoms in total. The zero-order chi connectivity index (χ0) is 15.5. The number of hydrogen-bond acceptors (Lipinski definition) is 3. The van der Waals surface area contributed by atoms with Gasteiger partial charge in [-0.05, 0) is 23.8 Å². The predicted molar refractivity (Wildman–Crippen MR) is 80.3 cm³/mol. The average Bonchev–Trinajstić information content (AvgIpc) is 3.17. The summed E-state index contributed by atoms with van der Waals surface area (Å²) in [6.07, 6.45) is 6.71. The molecule has 0 aliphatic carbocycles. The molecule has 108 valence electrons. The molecule has 3 aromatic rings. The third-order valence-corrected chi connectivity index (χ3v) is 3.32. The number of nitrogens with two attached hydrogens (primary N) is 1. The highest BCUT2D eigenvalue weighted by atomic mass is 16.1. The minimum Gasteiger partial charge on any atom is -0.366 e. The summed E-state index contributed by atoms with van der Waals surface area (Å²) in [4.78, 5) is 11.0. The van der Waals surface area contributed by atoms with Crippen LogP contribution in [-0.2, 0) is 6.54 Å². The number of rotatable bonds is 4. The molecule has 0 radical (unpaired) electrons.